The average molecular weight is 676 g/mol. The quantitative estimate of drug-likeness (QED) is 0.0448. The lowest BCUT2D eigenvalue weighted by Crippen LogP contribution is -2.45. The number of nitrogens with one attached hydrogen (secondary N) is 1. The highest BCUT2D eigenvalue weighted by molar-refractivity contribution is 5.76. The van der Waals surface area contributed by atoms with E-state index in [0.29, 0.717) is 6.42 Å². The van der Waals surface area contributed by atoms with Gasteiger partial charge in [-0.15, -0.1) is 0 Å². The molecule has 1 amide bonds. The third-order valence-electron chi connectivity index (χ3n) is 9.93. The van der Waals surface area contributed by atoms with Crippen LogP contribution >= 0.6 is 0 Å². The predicted octanol–water partition coefficient (Wildman–Crippen LogP) is 13.2. The molecule has 0 saturated heterocycles. The molecule has 0 aliphatic carbocycles. The van der Waals surface area contributed by atoms with E-state index in [1.165, 1.54) is 186 Å². The maximum atomic E-state index is 12.4. The van der Waals surface area contributed by atoms with E-state index in [2.05, 4.69) is 31.3 Å². The first-order valence-corrected chi connectivity index (χ1v) is 21.6. The maximum absolute atomic E-state index is 12.4. The molecule has 284 valence electrons. The Morgan fingerprint density at radius 2 is 0.792 bits per heavy atom. The summed E-state index contributed by atoms with van der Waals surface area (Å²) in [6, 6.07) is -0.618. The van der Waals surface area contributed by atoms with E-state index in [4.69, 9.17) is 0 Å². The van der Waals surface area contributed by atoms with Gasteiger partial charge in [0.05, 0.1) is 18.8 Å². The highest BCUT2D eigenvalue weighted by atomic mass is 16.3. The van der Waals surface area contributed by atoms with Crippen molar-refractivity contribution in [3.8, 4) is 0 Å². The molecule has 0 aliphatic rings. The minimum absolute atomic E-state index is 0.0631. The molecule has 0 spiro atoms. The first-order valence-electron chi connectivity index (χ1n) is 21.6. The van der Waals surface area contributed by atoms with Gasteiger partial charge in [-0.1, -0.05) is 205 Å². The Labute approximate surface area is 300 Å². The lowest BCUT2D eigenvalue weighted by Gasteiger charge is -2.20. The van der Waals surface area contributed by atoms with E-state index < -0.39 is 12.1 Å². The number of carbonyl (C=O) groups excluding carboxylic acids is 1. The summed E-state index contributed by atoms with van der Waals surface area (Å²) < 4.78 is 0. The number of aliphatic hydroxyl groups is 2. The van der Waals surface area contributed by atoms with Crippen LogP contribution in [0.1, 0.15) is 232 Å². The first kappa shape index (κ1) is 46.9. The van der Waals surface area contributed by atoms with Gasteiger partial charge in [0.15, 0.2) is 0 Å². The van der Waals surface area contributed by atoms with Gasteiger partial charge in [0, 0.05) is 6.42 Å². The number of aliphatic hydroxyl groups excluding tert-OH is 2. The number of carbonyl (C=O) groups is 1. The fraction of sp³-hybridized carbons (Fsp3) is 0.886. The minimum atomic E-state index is -0.835. The van der Waals surface area contributed by atoms with E-state index in [9.17, 15) is 15.0 Å². The van der Waals surface area contributed by atoms with Crippen LogP contribution < -0.4 is 5.32 Å². The third-order valence-corrected chi connectivity index (χ3v) is 9.93. The maximum Gasteiger partial charge on any atom is 0.220 e. The SMILES string of the molecule is CCCCCCCC/C=C/CCCCCCCCCCCCCCCC(=O)N[C@@H](CO)[C@H](O)/C=C/CCCCCCCCCCCCC. The molecule has 4 heteroatoms. The van der Waals surface area contributed by atoms with Crippen LogP contribution in [0.5, 0.6) is 0 Å². The van der Waals surface area contributed by atoms with Gasteiger partial charge in [-0.2, -0.15) is 0 Å². The van der Waals surface area contributed by atoms with Gasteiger partial charge in [-0.3, -0.25) is 4.79 Å². The van der Waals surface area contributed by atoms with Gasteiger partial charge in [-0.05, 0) is 44.9 Å². The Hall–Kier alpha value is -1.13. The fourth-order valence-corrected chi connectivity index (χ4v) is 6.58. The Kier molecular flexibility index (Phi) is 39.4. The lowest BCUT2D eigenvalue weighted by molar-refractivity contribution is -0.123. The molecule has 0 fully saturated rings. The molecule has 0 heterocycles. The molecular weight excluding hydrogens is 590 g/mol. The van der Waals surface area contributed by atoms with Gasteiger partial charge in [0.1, 0.15) is 0 Å². The van der Waals surface area contributed by atoms with E-state index in [-0.39, 0.29) is 12.5 Å². The highest BCUT2D eigenvalue weighted by Gasteiger charge is 2.17. The van der Waals surface area contributed by atoms with Crippen LogP contribution in [0.25, 0.3) is 0 Å². The summed E-state index contributed by atoms with van der Waals surface area (Å²) in [6.07, 6.45) is 51.4. The standard InChI is InChI=1S/C44H85NO3/c1-3-5-7-9-11-13-15-17-18-19-20-21-22-23-24-25-26-28-30-32-34-36-38-40-44(48)45-42(41-46)43(47)39-37-35-33-31-29-27-16-14-12-10-8-6-4-2/h17-18,37,39,42-43,46-47H,3-16,19-36,38,40-41H2,1-2H3,(H,45,48)/b18-17+,39-37+/t42-,43+/m0/s1. The topological polar surface area (TPSA) is 69.6 Å². The van der Waals surface area contributed by atoms with E-state index in [1.807, 2.05) is 6.08 Å². The van der Waals surface area contributed by atoms with E-state index in [1.54, 1.807) is 6.08 Å². The number of rotatable bonds is 39. The molecule has 0 saturated carbocycles. The van der Waals surface area contributed by atoms with Crippen LogP contribution in [0, 0.1) is 0 Å². The summed E-state index contributed by atoms with van der Waals surface area (Å²) >= 11 is 0. The summed E-state index contributed by atoms with van der Waals surface area (Å²) in [5.74, 6) is -0.0631. The molecule has 0 aromatic heterocycles. The van der Waals surface area contributed by atoms with Crippen LogP contribution in [0.15, 0.2) is 24.3 Å². The molecular formula is C44H85NO3. The monoisotopic (exact) mass is 676 g/mol. The van der Waals surface area contributed by atoms with Gasteiger partial charge < -0.3 is 15.5 Å². The Morgan fingerprint density at radius 1 is 0.479 bits per heavy atom. The summed E-state index contributed by atoms with van der Waals surface area (Å²) in [6.45, 7) is 4.31. The van der Waals surface area contributed by atoms with Crippen molar-refractivity contribution in [3.63, 3.8) is 0 Å². The van der Waals surface area contributed by atoms with Gasteiger partial charge in [0.25, 0.3) is 0 Å². The molecule has 2 atom stereocenters. The van der Waals surface area contributed by atoms with Crippen LogP contribution in [-0.2, 0) is 4.79 Å². The molecule has 0 unspecified atom stereocenters. The fourth-order valence-electron chi connectivity index (χ4n) is 6.58. The molecule has 4 nitrogen and oxygen atoms in total. The largest absolute Gasteiger partial charge is 0.394 e. The first-order chi connectivity index (χ1) is 23.7. The number of allylic oxidation sites excluding steroid dienone is 3. The Bertz CT molecular complexity index is 691. The number of amides is 1. The van der Waals surface area contributed by atoms with Crippen molar-refractivity contribution < 1.29 is 15.0 Å². The summed E-state index contributed by atoms with van der Waals surface area (Å²) in [5.41, 5.74) is 0. The summed E-state index contributed by atoms with van der Waals surface area (Å²) in [7, 11) is 0. The second kappa shape index (κ2) is 40.3. The number of unbranched alkanes of at least 4 members (excludes halogenated alkanes) is 30. The third kappa shape index (κ3) is 36.2. The smallest absolute Gasteiger partial charge is 0.220 e. The summed E-state index contributed by atoms with van der Waals surface area (Å²) in [4.78, 5) is 12.4. The molecule has 0 aromatic rings. The normalized spacial score (nSPS) is 13.2. The van der Waals surface area contributed by atoms with Crippen molar-refractivity contribution in [1.82, 2.24) is 5.32 Å². The van der Waals surface area contributed by atoms with Crippen molar-refractivity contribution in [2.45, 2.75) is 244 Å². The zero-order chi connectivity index (χ0) is 35.0. The second-order valence-electron chi connectivity index (χ2n) is 14.8. The van der Waals surface area contributed by atoms with E-state index >= 15 is 0 Å². The van der Waals surface area contributed by atoms with Crippen LogP contribution in [-0.4, -0.2) is 34.9 Å². The van der Waals surface area contributed by atoms with Crippen molar-refractivity contribution in [1.29, 1.82) is 0 Å². The Morgan fingerprint density at radius 3 is 1.15 bits per heavy atom. The van der Waals surface area contributed by atoms with Crippen molar-refractivity contribution >= 4 is 5.91 Å². The minimum Gasteiger partial charge on any atom is -0.394 e. The number of hydrogen-bond donors (Lipinski definition) is 3. The van der Waals surface area contributed by atoms with Gasteiger partial charge >= 0.3 is 0 Å². The summed E-state index contributed by atoms with van der Waals surface area (Å²) in [5, 5.41) is 23.0. The molecule has 0 aromatic carbocycles. The highest BCUT2D eigenvalue weighted by Crippen LogP contribution is 2.15. The van der Waals surface area contributed by atoms with Crippen LogP contribution in [0.4, 0.5) is 0 Å². The van der Waals surface area contributed by atoms with Gasteiger partial charge in [0.2, 0.25) is 5.91 Å². The zero-order valence-corrected chi connectivity index (χ0v) is 32.5. The van der Waals surface area contributed by atoms with Crippen molar-refractivity contribution in [2.24, 2.45) is 0 Å². The van der Waals surface area contributed by atoms with Crippen molar-refractivity contribution in [3.05, 3.63) is 24.3 Å². The zero-order valence-electron chi connectivity index (χ0n) is 32.5. The van der Waals surface area contributed by atoms with E-state index in [0.717, 1.165) is 25.7 Å². The van der Waals surface area contributed by atoms with Crippen molar-refractivity contribution in [2.75, 3.05) is 6.61 Å². The molecule has 0 radical (unpaired) electrons. The Balaban J connectivity index is 3.52. The molecule has 3 N–H and O–H groups in total. The average Bonchev–Trinajstić information content (AvgIpc) is 3.09. The second-order valence-corrected chi connectivity index (χ2v) is 14.8. The predicted molar refractivity (Wildman–Crippen MR) is 212 cm³/mol. The van der Waals surface area contributed by atoms with Gasteiger partial charge in [-0.25, -0.2) is 0 Å². The number of hydrogen-bond acceptors (Lipinski definition) is 3. The lowest BCUT2D eigenvalue weighted by atomic mass is 10.0. The molecule has 0 aliphatic heterocycles. The van der Waals surface area contributed by atoms with Crippen LogP contribution in [0.3, 0.4) is 0 Å². The molecule has 0 rings (SSSR count). The van der Waals surface area contributed by atoms with Crippen LogP contribution in [0.2, 0.25) is 0 Å². The molecule has 48 heavy (non-hydrogen) atoms. The molecule has 0 bridgehead atoms.